The molecule has 1 aliphatic heterocycles. The molecule has 0 amide bonds. The van der Waals surface area contributed by atoms with Crippen LogP contribution in [0.25, 0.3) is 0 Å². The molecule has 1 aromatic heterocycles. The van der Waals surface area contributed by atoms with E-state index in [1.165, 1.54) is 24.9 Å². The van der Waals surface area contributed by atoms with E-state index in [-0.39, 0.29) is 0 Å². The highest BCUT2D eigenvalue weighted by Gasteiger charge is 2.27. The summed E-state index contributed by atoms with van der Waals surface area (Å²) in [6.45, 7) is 5.70. The van der Waals surface area contributed by atoms with E-state index in [2.05, 4.69) is 29.8 Å². The Morgan fingerprint density at radius 1 is 1.47 bits per heavy atom. The molecule has 0 aromatic carbocycles. The highest BCUT2D eigenvalue weighted by Crippen LogP contribution is 2.33. The number of hydrogen-bond donors (Lipinski definition) is 0. The van der Waals surface area contributed by atoms with Gasteiger partial charge in [-0.3, -0.25) is 4.90 Å². The zero-order chi connectivity index (χ0) is 10.8. The van der Waals surface area contributed by atoms with Crippen molar-refractivity contribution in [3.8, 4) is 0 Å². The maximum absolute atomic E-state index is 5.79. The highest BCUT2D eigenvalue weighted by molar-refractivity contribution is 6.29. The second-order valence-corrected chi connectivity index (χ2v) is 4.79. The lowest BCUT2D eigenvalue weighted by molar-refractivity contribution is 0.205. The first-order valence-corrected chi connectivity index (χ1v) is 5.93. The van der Waals surface area contributed by atoms with Gasteiger partial charge in [-0.1, -0.05) is 17.7 Å². The molecule has 0 unspecified atom stereocenters. The van der Waals surface area contributed by atoms with Crippen LogP contribution in [0.1, 0.15) is 38.3 Å². The molecule has 1 aliphatic rings. The van der Waals surface area contributed by atoms with Crippen molar-refractivity contribution in [2.75, 3.05) is 6.54 Å². The summed E-state index contributed by atoms with van der Waals surface area (Å²) in [6, 6.07) is 5.12. The molecule has 0 aliphatic carbocycles. The van der Waals surface area contributed by atoms with Gasteiger partial charge >= 0.3 is 0 Å². The minimum absolute atomic E-state index is 0.537. The molecule has 1 aromatic rings. The summed E-state index contributed by atoms with van der Waals surface area (Å²) in [7, 11) is 0. The van der Waals surface area contributed by atoms with Gasteiger partial charge in [0.05, 0.1) is 0 Å². The summed E-state index contributed by atoms with van der Waals surface area (Å²) in [6.07, 6.45) is 4.43. The van der Waals surface area contributed by atoms with Crippen LogP contribution in [0.15, 0.2) is 18.3 Å². The third kappa shape index (κ3) is 2.32. The highest BCUT2D eigenvalue weighted by atomic mass is 35.5. The maximum Gasteiger partial charge on any atom is 0.129 e. The van der Waals surface area contributed by atoms with Gasteiger partial charge in [0.25, 0.3) is 0 Å². The monoisotopic (exact) mass is 224 g/mol. The van der Waals surface area contributed by atoms with Crippen LogP contribution in [-0.4, -0.2) is 22.5 Å². The molecular formula is C12H17ClN2. The van der Waals surface area contributed by atoms with Gasteiger partial charge in [-0.25, -0.2) is 4.98 Å². The van der Waals surface area contributed by atoms with E-state index >= 15 is 0 Å². The molecule has 1 fully saturated rings. The van der Waals surface area contributed by atoms with Crippen LogP contribution in [0.2, 0.25) is 5.15 Å². The molecule has 1 saturated heterocycles. The molecular weight excluding hydrogens is 208 g/mol. The molecule has 2 rings (SSSR count). The van der Waals surface area contributed by atoms with E-state index in [1.54, 1.807) is 0 Å². The smallest absolute Gasteiger partial charge is 0.129 e. The number of likely N-dealkylation sites (tertiary alicyclic amines) is 1. The number of aromatic nitrogens is 1. The molecule has 0 N–H and O–H groups in total. The van der Waals surface area contributed by atoms with Gasteiger partial charge in [0.2, 0.25) is 0 Å². The summed E-state index contributed by atoms with van der Waals surface area (Å²) >= 11 is 5.79. The van der Waals surface area contributed by atoms with E-state index in [0.29, 0.717) is 17.2 Å². The molecule has 82 valence electrons. The fourth-order valence-corrected chi connectivity index (χ4v) is 2.46. The Morgan fingerprint density at radius 2 is 2.27 bits per heavy atom. The van der Waals surface area contributed by atoms with Crippen LogP contribution in [0, 0.1) is 0 Å². The Hall–Kier alpha value is -0.600. The summed E-state index contributed by atoms with van der Waals surface area (Å²) in [5.74, 6) is 0. The van der Waals surface area contributed by atoms with Crippen LogP contribution in [-0.2, 0) is 0 Å². The van der Waals surface area contributed by atoms with E-state index in [1.807, 2.05) is 12.3 Å². The largest absolute Gasteiger partial charge is 0.294 e. The van der Waals surface area contributed by atoms with Crippen LogP contribution < -0.4 is 0 Å². The minimum Gasteiger partial charge on any atom is -0.294 e. The number of nitrogens with zero attached hydrogens (tertiary/aromatic N) is 2. The standard InChI is InChI=1S/C12H17ClN2/c1-9(2)15-7-3-4-11(15)10-5-6-12(13)14-8-10/h5-6,8-9,11H,3-4,7H2,1-2H3/t11-/m1/s1. The number of rotatable bonds is 2. The lowest BCUT2D eigenvalue weighted by Crippen LogP contribution is -2.30. The summed E-state index contributed by atoms with van der Waals surface area (Å²) in [4.78, 5) is 6.69. The summed E-state index contributed by atoms with van der Waals surface area (Å²) in [5.41, 5.74) is 1.30. The Morgan fingerprint density at radius 3 is 2.87 bits per heavy atom. The lowest BCUT2D eigenvalue weighted by Gasteiger charge is -2.28. The van der Waals surface area contributed by atoms with Crippen LogP contribution in [0.5, 0.6) is 0 Å². The Labute approximate surface area is 96.3 Å². The SMILES string of the molecule is CC(C)N1CCC[C@@H]1c1ccc(Cl)nc1. The van der Waals surface area contributed by atoms with E-state index < -0.39 is 0 Å². The predicted octanol–water partition coefficient (Wildman–Crippen LogP) is 3.28. The van der Waals surface area contributed by atoms with Crippen molar-refractivity contribution in [1.29, 1.82) is 0 Å². The predicted molar refractivity (Wildman–Crippen MR) is 63.1 cm³/mol. The van der Waals surface area contributed by atoms with Gasteiger partial charge in [-0.2, -0.15) is 0 Å². The van der Waals surface area contributed by atoms with Crippen molar-refractivity contribution in [2.45, 2.75) is 38.8 Å². The van der Waals surface area contributed by atoms with Gasteiger partial charge in [0.1, 0.15) is 5.15 Å². The molecule has 0 spiro atoms. The number of halogens is 1. The first-order chi connectivity index (χ1) is 7.18. The van der Waals surface area contributed by atoms with E-state index in [0.717, 1.165) is 0 Å². The molecule has 2 nitrogen and oxygen atoms in total. The van der Waals surface area contributed by atoms with E-state index in [4.69, 9.17) is 11.6 Å². The molecule has 3 heteroatoms. The average Bonchev–Trinajstić information content (AvgIpc) is 2.67. The van der Waals surface area contributed by atoms with Crippen molar-refractivity contribution in [3.63, 3.8) is 0 Å². The minimum atomic E-state index is 0.537. The van der Waals surface area contributed by atoms with Crippen molar-refractivity contribution < 1.29 is 0 Å². The Bertz CT molecular complexity index is 321. The molecule has 1 atom stereocenters. The summed E-state index contributed by atoms with van der Waals surface area (Å²) in [5, 5.41) is 0.577. The molecule has 2 heterocycles. The maximum atomic E-state index is 5.79. The Kier molecular flexibility index (Phi) is 3.27. The second kappa shape index (κ2) is 4.50. The van der Waals surface area contributed by atoms with Crippen LogP contribution >= 0.6 is 11.6 Å². The van der Waals surface area contributed by atoms with Gasteiger partial charge in [0.15, 0.2) is 0 Å². The van der Waals surface area contributed by atoms with Crippen molar-refractivity contribution in [2.24, 2.45) is 0 Å². The van der Waals surface area contributed by atoms with Gasteiger partial charge in [0, 0.05) is 18.3 Å². The fourth-order valence-electron chi connectivity index (χ4n) is 2.35. The Balaban J connectivity index is 2.19. The lowest BCUT2D eigenvalue weighted by atomic mass is 10.1. The first-order valence-electron chi connectivity index (χ1n) is 5.55. The van der Waals surface area contributed by atoms with Crippen LogP contribution in [0.4, 0.5) is 0 Å². The zero-order valence-corrected chi connectivity index (χ0v) is 10.0. The van der Waals surface area contributed by atoms with Crippen molar-refractivity contribution in [1.82, 2.24) is 9.88 Å². The molecule has 15 heavy (non-hydrogen) atoms. The third-order valence-electron chi connectivity index (χ3n) is 3.09. The van der Waals surface area contributed by atoms with Gasteiger partial charge in [-0.15, -0.1) is 0 Å². The van der Waals surface area contributed by atoms with Crippen molar-refractivity contribution in [3.05, 3.63) is 29.0 Å². The quantitative estimate of drug-likeness (QED) is 0.717. The number of pyridine rings is 1. The normalized spacial score (nSPS) is 22.5. The average molecular weight is 225 g/mol. The molecule has 0 saturated carbocycles. The van der Waals surface area contributed by atoms with Crippen LogP contribution in [0.3, 0.4) is 0 Å². The fraction of sp³-hybridized carbons (Fsp3) is 0.583. The van der Waals surface area contributed by atoms with Gasteiger partial charge in [-0.05, 0) is 44.9 Å². The molecule has 0 bridgehead atoms. The molecule has 0 radical (unpaired) electrons. The topological polar surface area (TPSA) is 16.1 Å². The van der Waals surface area contributed by atoms with E-state index in [9.17, 15) is 0 Å². The van der Waals surface area contributed by atoms with Gasteiger partial charge < -0.3 is 0 Å². The second-order valence-electron chi connectivity index (χ2n) is 4.40. The van der Waals surface area contributed by atoms with Crippen molar-refractivity contribution >= 4 is 11.6 Å². The first kappa shape index (κ1) is 10.9. The summed E-state index contributed by atoms with van der Waals surface area (Å²) < 4.78 is 0. The zero-order valence-electron chi connectivity index (χ0n) is 9.28. The number of hydrogen-bond acceptors (Lipinski definition) is 2. The third-order valence-corrected chi connectivity index (χ3v) is 3.32.